The SMILES string of the molecule is Cc1c(COc2cc(OCc3cccc(C#N)c3)c(CN3CCCCC3C(=O)N3CCN(C(=O)CCCC[C@@H]4SC[C@@H]5NC(=O)N[C@@H]54)CC3)cc2Cl)cccc1-c1ccccc1. The molecule has 324 valence electrons. The van der Waals surface area contributed by atoms with Gasteiger partial charge < -0.3 is 29.9 Å². The van der Waals surface area contributed by atoms with Crippen LogP contribution in [0.3, 0.4) is 0 Å². The van der Waals surface area contributed by atoms with Crippen molar-refractivity contribution in [3.8, 4) is 28.7 Å². The van der Waals surface area contributed by atoms with Gasteiger partial charge in [-0.05, 0) is 85.2 Å². The molecule has 0 aliphatic carbocycles. The van der Waals surface area contributed by atoms with Crippen LogP contribution in [0.25, 0.3) is 11.1 Å². The highest BCUT2D eigenvalue weighted by atomic mass is 35.5. The normalized spacial score (nSPS) is 21.1. The summed E-state index contributed by atoms with van der Waals surface area (Å²) >= 11 is 8.91. The van der Waals surface area contributed by atoms with Crippen LogP contribution in [0, 0.1) is 18.3 Å². The third-order valence-electron chi connectivity index (χ3n) is 12.8. The highest BCUT2D eigenvalue weighted by molar-refractivity contribution is 8.00. The van der Waals surface area contributed by atoms with Crippen molar-refractivity contribution in [1.82, 2.24) is 25.3 Å². The number of urea groups is 1. The number of amides is 4. The maximum Gasteiger partial charge on any atom is 0.315 e. The summed E-state index contributed by atoms with van der Waals surface area (Å²) in [6, 6.07) is 29.9. The summed E-state index contributed by atoms with van der Waals surface area (Å²) < 4.78 is 12.9. The number of unbranched alkanes of at least 4 members (excludes halogenated alkanes) is 1. The molecule has 13 heteroatoms. The number of likely N-dealkylation sites (tertiary alicyclic amines) is 1. The molecule has 62 heavy (non-hydrogen) atoms. The number of nitriles is 1. The first kappa shape index (κ1) is 43.4. The molecule has 11 nitrogen and oxygen atoms in total. The predicted octanol–water partition coefficient (Wildman–Crippen LogP) is 8.10. The average Bonchev–Trinajstić information content (AvgIpc) is 3.86. The molecule has 0 aromatic heterocycles. The lowest BCUT2D eigenvalue weighted by molar-refractivity contribution is -0.144. The van der Waals surface area contributed by atoms with Gasteiger partial charge in [-0.2, -0.15) is 17.0 Å². The van der Waals surface area contributed by atoms with Gasteiger partial charge in [-0.1, -0.05) is 85.1 Å². The second-order valence-corrected chi connectivity index (χ2v) is 18.5. The van der Waals surface area contributed by atoms with E-state index in [4.69, 9.17) is 21.1 Å². The molecular weight excluding hydrogens is 820 g/mol. The Morgan fingerprint density at radius 3 is 2.47 bits per heavy atom. The van der Waals surface area contributed by atoms with E-state index in [1.54, 1.807) is 6.07 Å². The van der Waals surface area contributed by atoms with Crippen LogP contribution in [0.1, 0.15) is 72.8 Å². The standard InChI is InChI=1S/C49H55ClN6O5S/c1-33-37(15-10-16-39(33)36-13-3-2-4-14-36)31-61-44-27-43(60-30-35-12-9-11-34(25-35)28-51)38(26-40(44)50)29-56-20-8-7-17-42(56)48(58)55-23-21-54(22-24-55)46(57)19-6-5-18-45-47-41(32-62-45)52-49(59)53-47/h2-4,9-16,25-27,41-42,45,47H,5-8,17-24,29-32H2,1H3,(H2,52,53,59)/t41-,42?,45-,47-/m0/s1. The summed E-state index contributed by atoms with van der Waals surface area (Å²) in [5.74, 6) is 2.30. The quantitative estimate of drug-likeness (QED) is 0.0907. The predicted molar refractivity (Wildman–Crippen MR) is 243 cm³/mol. The van der Waals surface area contributed by atoms with Crippen LogP contribution >= 0.6 is 23.4 Å². The molecular formula is C49H55ClN6O5S. The number of nitrogens with zero attached hydrogens (tertiary/aromatic N) is 4. The van der Waals surface area contributed by atoms with Gasteiger partial charge in [0, 0.05) is 61.8 Å². The minimum atomic E-state index is -0.298. The van der Waals surface area contributed by atoms with Crippen LogP contribution in [0.5, 0.6) is 11.5 Å². The first-order valence-corrected chi connectivity index (χ1v) is 23.4. The third-order valence-corrected chi connectivity index (χ3v) is 14.6. The number of thioether (sulfide) groups is 1. The first-order valence-electron chi connectivity index (χ1n) is 21.9. The highest BCUT2D eigenvalue weighted by Crippen LogP contribution is 2.37. The van der Waals surface area contributed by atoms with E-state index in [9.17, 15) is 19.6 Å². The second-order valence-electron chi connectivity index (χ2n) is 16.8. The summed E-state index contributed by atoms with van der Waals surface area (Å²) in [5.41, 5.74) is 6.76. The van der Waals surface area contributed by atoms with Gasteiger partial charge in [-0.25, -0.2) is 4.79 Å². The van der Waals surface area contributed by atoms with Crippen molar-refractivity contribution in [2.45, 2.75) is 95.0 Å². The number of hydrogen-bond donors (Lipinski definition) is 2. The third kappa shape index (κ3) is 10.3. The van der Waals surface area contributed by atoms with Crippen molar-refractivity contribution in [3.63, 3.8) is 0 Å². The molecule has 2 N–H and O–H groups in total. The molecule has 4 atom stereocenters. The lowest BCUT2D eigenvalue weighted by Gasteiger charge is -2.41. The van der Waals surface area contributed by atoms with Crippen LogP contribution in [0.15, 0.2) is 84.9 Å². The van der Waals surface area contributed by atoms with Gasteiger partial charge in [-0.15, -0.1) is 0 Å². The van der Waals surface area contributed by atoms with Crippen LogP contribution in [-0.4, -0.2) is 94.4 Å². The van der Waals surface area contributed by atoms with Crippen LogP contribution < -0.4 is 20.1 Å². The molecule has 1 unspecified atom stereocenters. The number of ether oxygens (including phenoxy) is 2. The number of hydrogen-bond acceptors (Lipinski definition) is 8. The van der Waals surface area contributed by atoms with Gasteiger partial charge in [-0.3, -0.25) is 14.5 Å². The Bertz CT molecular complexity index is 2280. The van der Waals surface area contributed by atoms with E-state index in [-0.39, 0.29) is 42.6 Å². The van der Waals surface area contributed by atoms with Gasteiger partial charge in [0.2, 0.25) is 11.8 Å². The van der Waals surface area contributed by atoms with Gasteiger partial charge in [0.15, 0.2) is 0 Å². The van der Waals surface area contributed by atoms with Crippen LogP contribution in [-0.2, 0) is 29.3 Å². The van der Waals surface area contributed by atoms with E-state index >= 15 is 0 Å². The summed E-state index contributed by atoms with van der Waals surface area (Å²) in [6.07, 6.45) is 5.96. The van der Waals surface area contributed by atoms with E-state index in [0.29, 0.717) is 73.1 Å². The molecule has 4 fully saturated rings. The van der Waals surface area contributed by atoms with Gasteiger partial charge >= 0.3 is 6.03 Å². The van der Waals surface area contributed by atoms with Crippen molar-refractivity contribution < 1.29 is 23.9 Å². The van der Waals surface area contributed by atoms with Crippen molar-refractivity contribution in [2.75, 3.05) is 38.5 Å². The van der Waals surface area contributed by atoms with Gasteiger partial charge in [0.1, 0.15) is 24.7 Å². The van der Waals surface area contributed by atoms with Crippen LogP contribution in [0.2, 0.25) is 5.02 Å². The second kappa shape index (κ2) is 20.3. The molecule has 4 aliphatic heterocycles. The molecule has 4 amide bonds. The number of piperazine rings is 1. The van der Waals surface area contributed by atoms with Crippen LogP contribution in [0.4, 0.5) is 4.79 Å². The van der Waals surface area contributed by atoms with Gasteiger partial charge in [0.05, 0.1) is 34.8 Å². The molecule has 4 aromatic carbocycles. The largest absolute Gasteiger partial charge is 0.488 e. The minimum absolute atomic E-state index is 0.0707. The maximum absolute atomic E-state index is 14.2. The summed E-state index contributed by atoms with van der Waals surface area (Å²) in [5, 5.41) is 16.4. The Morgan fingerprint density at radius 1 is 0.855 bits per heavy atom. The number of halogens is 1. The Morgan fingerprint density at radius 2 is 1.65 bits per heavy atom. The number of nitrogens with one attached hydrogen (secondary N) is 2. The fourth-order valence-electron chi connectivity index (χ4n) is 9.25. The summed E-state index contributed by atoms with van der Waals surface area (Å²) in [6.45, 7) is 6.00. The summed E-state index contributed by atoms with van der Waals surface area (Å²) in [7, 11) is 0. The number of benzene rings is 4. The zero-order valence-corrected chi connectivity index (χ0v) is 36.9. The molecule has 8 rings (SSSR count). The molecule has 0 radical (unpaired) electrons. The Labute approximate surface area is 374 Å². The average molecular weight is 876 g/mol. The molecule has 0 spiro atoms. The van der Waals surface area contributed by atoms with Crippen molar-refractivity contribution in [2.24, 2.45) is 0 Å². The van der Waals surface area contributed by atoms with Crippen molar-refractivity contribution >= 4 is 41.2 Å². The Hall–Kier alpha value is -5.22. The monoisotopic (exact) mass is 874 g/mol. The minimum Gasteiger partial charge on any atom is -0.488 e. The number of fused-ring (bicyclic) bond motifs is 1. The number of piperidine rings is 1. The fraction of sp³-hybridized carbons (Fsp3) is 0.429. The molecule has 4 heterocycles. The lowest BCUT2D eigenvalue weighted by atomic mass is 9.97. The van der Waals surface area contributed by atoms with Crippen molar-refractivity contribution in [3.05, 3.63) is 118 Å². The molecule has 4 saturated heterocycles. The van der Waals surface area contributed by atoms with E-state index < -0.39 is 0 Å². The summed E-state index contributed by atoms with van der Waals surface area (Å²) in [4.78, 5) is 45.3. The van der Waals surface area contributed by atoms with Crippen molar-refractivity contribution in [1.29, 1.82) is 5.26 Å². The number of rotatable bonds is 15. The Kier molecular flexibility index (Phi) is 14.2. The zero-order chi connectivity index (χ0) is 43.0. The maximum atomic E-state index is 14.2. The lowest BCUT2D eigenvalue weighted by Crippen LogP contribution is -2.56. The number of carbonyl (C=O) groups excluding carboxylic acids is 3. The zero-order valence-electron chi connectivity index (χ0n) is 35.3. The fourth-order valence-corrected chi connectivity index (χ4v) is 11.0. The molecule has 4 aliphatic rings. The topological polar surface area (TPSA) is 127 Å². The molecule has 4 aromatic rings. The first-order chi connectivity index (χ1) is 30.2. The van der Waals surface area contributed by atoms with E-state index in [0.717, 1.165) is 84.2 Å². The van der Waals surface area contributed by atoms with E-state index in [1.807, 2.05) is 76.2 Å². The van der Waals surface area contributed by atoms with Gasteiger partial charge in [0.25, 0.3) is 0 Å². The smallest absolute Gasteiger partial charge is 0.315 e. The van der Waals surface area contributed by atoms with E-state index in [2.05, 4.69) is 52.8 Å². The highest BCUT2D eigenvalue weighted by Gasteiger charge is 2.42. The number of carbonyl (C=O) groups is 3. The molecule has 0 saturated carbocycles. The molecule has 0 bridgehead atoms. The van der Waals surface area contributed by atoms with E-state index in [1.165, 1.54) is 0 Å². The Balaban J connectivity index is 0.903.